The summed E-state index contributed by atoms with van der Waals surface area (Å²) in [7, 11) is 0. The number of rotatable bonds is 8. The molecule has 64 heavy (non-hydrogen) atoms. The monoisotopic (exact) mass is 858 g/mol. The van der Waals surface area contributed by atoms with E-state index in [0.717, 1.165) is 66.8 Å². The van der Waals surface area contributed by atoms with Gasteiger partial charge in [0.15, 0.2) is 23.3 Å². The molecule has 0 amide bonds. The molecule has 4 aromatic carbocycles. The smallest absolute Gasteiger partial charge is 0.164 e. The molecule has 0 fully saturated rings. The van der Waals surface area contributed by atoms with Crippen molar-refractivity contribution in [2.75, 3.05) is 26.4 Å². The van der Waals surface area contributed by atoms with E-state index in [0.29, 0.717) is 72.3 Å². The van der Waals surface area contributed by atoms with E-state index in [9.17, 15) is 0 Å². The van der Waals surface area contributed by atoms with Crippen molar-refractivity contribution in [3.05, 3.63) is 72.8 Å². The number of ether oxygens (including phenoxy) is 4. The predicted molar refractivity (Wildman–Crippen MR) is 256 cm³/mol. The Bertz CT molecular complexity index is 3120. The van der Waals surface area contributed by atoms with Crippen molar-refractivity contribution >= 4 is 44.1 Å². The first-order valence-corrected chi connectivity index (χ1v) is 22.0. The van der Waals surface area contributed by atoms with Crippen LogP contribution in [0.15, 0.2) is 72.8 Å². The van der Waals surface area contributed by atoms with Gasteiger partial charge in [-0.25, -0.2) is 29.9 Å². The average molecular weight is 859 g/mol. The van der Waals surface area contributed by atoms with Crippen LogP contribution in [0.4, 0.5) is 0 Å². The summed E-state index contributed by atoms with van der Waals surface area (Å²) in [6.07, 6.45) is 0. The maximum absolute atomic E-state index is 6.33. The van der Waals surface area contributed by atoms with Gasteiger partial charge in [-0.2, -0.15) is 0 Å². The number of hydrogen-bond acceptors (Lipinski definition) is 10. The third-order valence-corrected chi connectivity index (χ3v) is 10.4. The molecule has 0 radical (unpaired) electrons. The number of hydrogen-bond donors (Lipinski definition) is 2. The van der Waals surface area contributed by atoms with Crippen LogP contribution in [0.3, 0.4) is 0 Å². The second-order valence-electron chi connectivity index (χ2n) is 21.8. The van der Waals surface area contributed by atoms with Gasteiger partial charge in [0.05, 0.1) is 26.4 Å². The van der Waals surface area contributed by atoms with E-state index in [-0.39, 0.29) is 21.7 Å². The van der Waals surface area contributed by atoms with Crippen LogP contribution in [0.2, 0.25) is 0 Å². The molecular formula is C52H58N8O4. The molecule has 0 spiro atoms. The summed E-state index contributed by atoms with van der Waals surface area (Å²) in [5.74, 6) is 4.87. The van der Waals surface area contributed by atoms with Crippen molar-refractivity contribution in [2.45, 2.75) is 83.1 Å². The van der Waals surface area contributed by atoms with Gasteiger partial charge in [-0.1, -0.05) is 83.1 Å². The third-order valence-electron chi connectivity index (χ3n) is 10.4. The molecule has 8 bridgehead atoms. The highest BCUT2D eigenvalue weighted by molar-refractivity contribution is 6.07. The van der Waals surface area contributed by atoms with Gasteiger partial charge in [0.2, 0.25) is 0 Å². The molecule has 0 atom stereocenters. The van der Waals surface area contributed by atoms with Crippen molar-refractivity contribution in [3.8, 4) is 68.5 Å². The quantitative estimate of drug-likeness (QED) is 0.151. The lowest BCUT2D eigenvalue weighted by molar-refractivity contribution is 0.198. The number of aromatic amines is 2. The molecule has 12 heteroatoms. The van der Waals surface area contributed by atoms with Gasteiger partial charge in [0, 0.05) is 43.8 Å². The van der Waals surface area contributed by atoms with Crippen LogP contribution in [-0.2, 0) is 0 Å². The second kappa shape index (κ2) is 15.6. The summed E-state index contributed by atoms with van der Waals surface area (Å²) in [6, 6.07) is 24.0. The predicted octanol–water partition coefficient (Wildman–Crippen LogP) is 12.6. The van der Waals surface area contributed by atoms with Gasteiger partial charge in [0.1, 0.15) is 45.6 Å². The summed E-state index contributed by atoms with van der Waals surface area (Å²) < 4.78 is 25.3. The van der Waals surface area contributed by atoms with E-state index in [2.05, 4.69) is 93.1 Å². The zero-order valence-electron chi connectivity index (χ0n) is 39.1. The Kier molecular flexibility index (Phi) is 10.4. The number of H-pyrrole nitrogens is 2. The van der Waals surface area contributed by atoms with Crippen LogP contribution in [0.1, 0.15) is 83.1 Å². The van der Waals surface area contributed by atoms with Crippen molar-refractivity contribution in [1.82, 2.24) is 39.9 Å². The van der Waals surface area contributed by atoms with Crippen LogP contribution in [-0.4, -0.2) is 66.3 Å². The minimum Gasteiger partial charge on any atom is -0.493 e. The lowest BCUT2D eigenvalue weighted by Gasteiger charge is -2.19. The molecule has 2 N–H and O–H groups in total. The molecule has 2 aliphatic rings. The fourth-order valence-corrected chi connectivity index (χ4v) is 7.27. The van der Waals surface area contributed by atoms with E-state index in [4.69, 9.17) is 48.9 Å². The van der Waals surface area contributed by atoms with Gasteiger partial charge in [-0.05, 0) is 94.5 Å². The summed E-state index contributed by atoms with van der Waals surface area (Å²) in [5.41, 5.74) is 5.42. The van der Waals surface area contributed by atoms with Gasteiger partial charge in [-0.15, -0.1) is 0 Å². The Morgan fingerprint density at radius 2 is 0.609 bits per heavy atom. The number of benzene rings is 4. The second-order valence-corrected chi connectivity index (χ2v) is 21.8. The maximum Gasteiger partial charge on any atom is 0.164 e. The minimum atomic E-state index is -0.0388. The number of aromatic nitrogens is 8. The van der Waals surface area contributed by atoms with Crippen molar-refractivity contribution in [1.29, 1.82) is 0 Å². The van der Waals surface area contributed by atoms with Gasteiger partial charge in [-0.3, -0.25) is 0 Å². The van der Waals surface area contributed by atoms with E-state index in [1.165, 1.54) is 0 Å². The first-order chi connectivity index (χ1) is 30.1. The Labute approximate surface area is 374 Å². The number of fused-ring (bicyclic) bond motifs is 20. The fraction of sp³-hybridized carbons (Fsp3) is 0.385. The zero-order valence-corrected chi connectivity index (χ0v) is 39.1. The highest BCUT2D eigenvalue weighted by Crippen LogP contribution is 2.40. The Hall–Kier alpha value is -6.56. The van der Waals surface area contributed by atoms with E-state index < -0.39 is 0 Å². The standard InChI is InChI=1S/C52H58N8O4/c1-49(2,3)25-61-29-13-17-33-37(21-29)45-54-41(33)53-42-34-18-14-30(62-26-50(4,5)6)22-38(34)46(55-42)57-44-36-20-16-32(64-28-52(10,11)12)24-40(36)48(59-44)60-47-39-23-31(63-27-51(7,8)9)15-19-35(39)43(56-45)58-47/h13-24H,25-28H2,1-12H3,(H2,53,54,55,56,57,58,59,60). The maximum atomic E-state index is 6.33. The molecule has 9 rings (SSSR count). The topological polar surface area (TPSA) is 146 Å². The summed E-state index contributed by atoms with van der Waals surface area (Å²) in [5, 5.41) is 3.35. The average Bonchev–Trinajstić information content (AvgIpc) is 3.94. The van der Waals surface area contributed by atoms with Crippen LogP contribution in [0, 0.1) is 21.7 Å². The molecular weight excluding hydrogens is 801 g/mol. The SMILES string of the molecule is CC(C)(C)COc1ccc2c(c1)-c1nc-2nc2[nH]c(nc3nc(nc4[nH]c(n1)c1ccc(OCC(C)(C)C)cc41)-c1cc(OCC(C)(C)C)ccc1-3)c1cc(OCC(C)(C)C)ccc21. The molecule has 330 valence electrons. The molecule has 0 saturated carbocycles. The van der Waals surface area contributed by atoms with Gasteiger partial charge in [0.25, 0.3) is 0 Å². The van der Waals surface area contributed by atoms with E-state index >= 15 is 0 Å². The largest absolute Gasteiger partial charge is 0.493 e. The Morgan fingerprint density at radius 1 is 0.328 bits per heavy atom. The molecule has 7 aromatic rings. The van der Waals surface area contributed by atoms with Crippen LogP contribution < -0.4 is 18.9 Å². The van der Waals surface area contributed by atoms with Crippen LogP contribution in [0.5, 0.6) is 23.0 Å². The summed E-state index contributed by atoms with van der Waals surface area (Å²) in [4.78, 5) is 38.4. The van der Waals surface area contributed by atoms with Crippen molar-refractivity contribution in [3.63, 3.8) is 0 Å². The molecule has 0 saturated heterocycles. The number of nitrogens with zero attached hydrogens (tertiary/aromatic N) is 6. The first-order valence-electron chi connectivity index (χ1n) is 22.0. The van der Waals surface area contributed by atoms with E-state index in [1.807, 2.05) is 72.8 Å². The van der Waals surface area contributed by atoms with Crippen LogP contribution in [0.25, 0.3) is 89.7 Å². The highest BCUT2D eigenvalue weighted by atomic mass is 16.5. The first kappa shape index (κ1) is 42.7. The molecule has 0 aliphatic carbocycles. The normalized spacial score (nSPS) is 12.9. The Morgan fingerprint density at radius 3 is 0.938 bits per heavy atom. The number of nitrogens with one attached hydrogen (secondary N) is 2. The molecule has 3 aromatic heterocycles. The lowest BCUT2D eigenvalue weighted by atomic mass is 9.98. The zero-order chi connectivity index (χ0) is 45.3. The van der Waals surface area contributed by atoms with E-state index in [1.54, 1.807) is 0 Å². The lowest BCUT2D eigenvalue weighted by Crippen LogP contribution is -2.16. The minimum absolute atomic E-state index is 0.0327. The summed E-state index contributed by atoms with van der Waals surface area (Å²) >= 11 is 0. The van der Waals surface area contributed by atoms with Crippen LogP contribution >= 0.6 is 0 Å². The van der Waals surface area contributed by atoms with Crippen molar-refractivity contribution < 1.29 is 18.9 Å². The van der Waals surface area contributed by atoms with Gasteiger partial charge < -0.3 is 28.9 Å². The molecule has 0 unspecified atom stereocenters. The highest BCUT2D eigenvalue weighted by Gasteiger charge is 2.25. The van der Waals surface area contributed by atoms with Crippen molar-refractivity contribution in [2.24, 2.45) is 21.7 Å². The Balaban J connectivity index is 1.35. The molecule has 5 heterocycles. The molecule has 12 nitrogen and oxygen atoms in total. The third kappa shape index (κ3) is 9.23. The summed E-state index contributed by atoms with van der Waals surface area (Å²) in [6.45, 7) is 28.0. The van der Waals surface area contributed by atoms with Gasteiger partial charge >= 0.3 is 0 Å². The molecule has 2 aliphatic heterocycles. The fourth-order valence-electron chi connectivity index (χ4n) is 7.27.